The van der Waals surface area contributed by atoms with Gasteiger partial charge in [0.1, 0.15) is 5.82 Å². The van der Waals surface area contributed by atoms with E-state index in [-0.39, 0.29) is 5.75 Å². The Hall–Kier alpha value is -2.04. The highest BCUT2D eigenvalue weighted by Gasteiger charge is 2.16. The minimum Gasteiger partial charge on any atom is -0.494 e. The van der Waals surface area contributed by atoms with Crippen LogP contribution in [0.5, 0.6) is 5.75 Å². The fourth-order valence-electron chi connectivity index (χ4n) is 2.12. The molecule has 0 unspecified atom stereocenters. The third-order valence-electron chi connectivity index (χ3n) is 3.12. The van der Waals surface area contributed by atoms with E-state index in [1.54, 1.807) is 23.9 Å². The van der Waals surface area contributed by atoms with Crippen molar-refractivity contribution in [2.24, 2.45) is 7.05 Å². The summed E-state index contributed by atoms with van der Waals surface area (Å²) in [6, 6.07) is 4.83. The zero-order valence-corrected chi connectivity index (χ0v) is 11.4. The van der Waals surface area contributed by atoms with Crippen LogP contribution < -0.4 is 10.5 Å². The van der Waals surface area contributed by atoms with Crippen molar-refractivity contribution < 1.29 is 9.13 Å². The van der Waals surface area contributed by atoms with E-state index in [1.165, 1.54) is 13.2 Å². The van der Waals surface area contributed by atoms with Crippen LogP contribution in [0.2, 0.25) is 0 Å². The normalized spacial score (nSPS) is 10.7. The second kappa shape index (κ2) is 5.30. The highest BCUT2D eigenvalue weighted by Crippen LogP contribution is 2.30. The van der Waals surface area contributed by atoms with Crippen LogP contribution in [0.1, 0.15) is 18.9 Å². The summed E-state index contributed by atoms with van der Waals surface area (Å²) in [6.07, 6.45) is 1.78. The predicted octanol–water partition coefficient (Wildman–Crippen LogP) is 2.77. The van der Waals surface area contributed by atoms with E-state index in [0.29, 0.717) is 11.4 Å². The van der Waals surface area contributed by atoms with Gasteiger partial charge in [0.25, 0.3) is 0 Å². The van der Waals surface area contributed by atoms with Crippen LogP contribution >= 0.6 is 0 Å². The lowest BCUT2D eigenvalue weighted by Gasteiger charge is -2.05. The molecule has 2 rings (SSSR count). The van der Waals surface area contributed by atoms with Gasteiger partial charge in [0.15, 0.2) is 11.6 Å². The average molecular weight is 263 g/mol. The molecule has 0 bridgehead atoms. The number of hydrogen-bond acceptors (Lipinski definition) is 3. The Bertz CT molecular complexity index is 593. The number of nitrogens with zero attached hydrogens (tertiary/aromatic N) is 2. The minimum atomic E-state index is -0.397. The number of hydrogen-bond donors (Lipinski definition) is 1. The predicted molar refractivity (Wildman–Crippen MR) is 73.6 cm³/mol. The van der Waals surface area contributed by atoms with Crippen LogP contribution in [-0.2, 0) is 13.5 Å². The zero-order chi connectivity index (χ0) is 14.0. The Morgan fingerprint density at radius 2 is 2.16 bits per heavy atom. The van der Waals surface area contributed by atoms with Gasteiger partial charge in [0.05, 0.1) is 12.8 Å². The second-order valence-corrected chi connectivity index (χ2v) is 4.44. The van der Waals surface area contributed by atoms with Gasteiger partial charge in [-0.25, -0.2) is 4.39 Å². The number of benzene rings is 1. The molecule has 0 amide bonds. The number of anilines is 1. The number of aryl methyl sites for hydroxylation is 1. The highest BCUT2D eigenvalue weighted by molar-refractivity contribution is 5.69. The van der Waals surface area contributed by atoms with Gasteiger partial charge < -0.3 is 10.5 Å². The molecule has 4 nitrogen and oxygen atoms in total. The van der Waals surface area contributed by atoms with Gasteiger partial charge in [-0.15, -0.1) is 0 Å². The van der Waals surface area contributed by atoms with Crippen molar-refractivity contribution in [3.05, 3.63) is 29.6 Å². The first-order chi connectivity index (χ1) is 9.08. The second-order valence-electron chi connectivity index (χ2n) is 4.44. The summed E-state index contributed by atoms with van der Waals surface area (Å²) in [5, 5.41) is 4.38. The van der Waals surface area contributed by atoms with E-state index < -0.39 is 5.82 Å². The summed E-state index contributed by atoms with van der Waals surface area (Å²) >= 11 is 0. The molecule has 102 valence electrons. The standard InChI is InChI=1S/C14H18FN3O/c1-4-5-10-13(17-18(2)14(10)16)9-6-7-12(19-3)11(15)8-9/h6-8H,4-5,16H2,1-3H3. The van der Waals surface area contributed by atoms with Gasteiger partial charge >= 0.3 is 0 Å². The van der Waals surface area contributed by atoms with Gasteiger partial charge in [0, 0.05) is 18.2 Å². The summed E-state index contributed by atoms with van der Waals surface area (Å²) in [5.41, 5.74) is 8.43. The lowest BCUT2D eigenvalue weighted by Crippen LogP contribution is -1.99. The van der Waals surface area contributed by atoms with Crippen molar-refractivity contribution in [3.63, 3.8) is 0 Å². The number of nitrogens with two attached hydrogens (primary N) is 1. The molecule has 0 atom stereocenters. The molecule has 5 heteroatoms. The first-order valence-corrected chi connectivity index (χ1v) is 6.23. The van der Waals surface area contributed by atoms with Crippen molar-refractivity contribution in [1.82, 2.24) is 9.78 Å². The molecule has 0 aliphatic rings. The summed E-state index contributed by atoms with van der Waals surface area (Å²) in [4.78, 5) is 0. The van der Waals surface area contributed by atoms with E-state index in [4.69, 9.17) is 10.5 Å². The topological polar surface area (TPSA) is 53.1 Å². The summed E-state index contributed by atoms with van der Waals surface area (Å²) < 4.78 is 20.3. The van der Waals surface area contributed by atoms with Crippen molar-refractivity contribution in [1.29, 1.82) is 0 Å². The van der Waals surface area contributed by atoms with Crippen LogP contribution in [0, 0.1) is 5.82 Å². The molecule has 19 heavy (non-hydrogen) atoms. The molecule has 0 radical (unpaired) electrons. The summed E-state index contributed by atoms with van der Waals surface area (Å²) in [7, 11) is 3.23. The van der Waals surface area contributed by atoms with Gasteiger partial charge in [0.2, 0.25) is 0 Å². The van der Waals surface area contributed by atoms with Crippen LogP contribution in [0.15, 0.2) is 18.2 Å². The molecular formula is C14H18FN3O. The molecule has 0 aliphatic carbocycles. The number of methoxy groups -OCH3 is 1. The van der Waals surface area contributed by atoms with E-state index in [2.05, 4.69) is 12.0 Å². The Morgan fingerprint density at radius 3 is 2.74 bits per heavy atom. The maximum Gasteiger partial charge on any atom is 0.165 e. The molecule has 2 N–H and O–H groups in total. The molecule has 1 heterocycles. The van der Waals surface area contributed by atoms with Crippen LogP contribution in [0.25, 0.3) is 11.3 Å². The third kappa shape index (κ3) is 2.41. The number of rotatable bonds is 4. The SMILES string of the molecule is CCCc1c(-c2ccc(OC)c(F)c2)nn(C)c1N. The number of nitrogen functional groups attached to an aromatic ring is 1. The highest BCUT2D eigenvalue weighted by atomic mass is 19.1. The Labute approximate surface area is 112 Å². The smallest absolute Gasteiger partial charge is 0.165 e. The van der Waals surface area contributed by atoms with Crippen LogP contribution in [0.4, 0.5) is 10.2 Å². The van der Waals surface area contributed by atoms with Crippen molar-refractivity contribution >= 4 is 5.82 Å². The van der Waals surface area contributed by atoms with E-state index in [0.717, 1.165) is 24.1 Å². The van der Waals surface area contributed by atoms with Gasteiger partial charge in [-0.3, -0.25) is 4.68 Å². The van der Waals surface area contributed by atoms with Gasteiger partial charge in [-0.1, -0.05) is 13.3 Å². The van der Waals surface area contributed by atoms with Gasteiger partial charge in [-0.2, -0.15) is 5.10 Å². The largest absolute Gasteiger partial charge is 0.494 e. The van der Waals surface area contributed by atoms with Crippen LogP contribution in [0.3, 0.4) is 0 Å². The minimum absolute atomic E-state index is 0.227. The Balaban J connectivity index is 2.52. The number of halogens is 1. The number of ether oxygens (including phenoxy) is 1. The molecule has 0 fully saturated rings. The van der Waals surface area contributed by atoms with Crippen molar-refractivity contribution in [2.45, 2.75) is 19.8 Å². The Kier molecular flexibility index (Phi) is 3.74. The van der Waals surface area contributed by atoms with E-state index in [1.807, 2.05) is 0 Å². The van der Waals surface area contributed by atoms with E-state index in [9.17, 15) is 4.39 Å². The first-order valence-electron chi connectivity index (χ1n) is 6.23. The Morgan fingerprint density at radius 1 is 1.42 bits per heavy atom. The fraction of sp³-hybridized carbons (Fsp3) is 0.357. The summed E-state index contributed by atoms with van der Waals surface area (Å²) in [5.74, 6) is 0.462. The molecule has 2 aromatic rings. The first kappa shape index (κ1) is 13.4. The molecule has 1 aromatic heterocycles. The lowest BCUT2D eigenvalue weighted by molar-refractivity contribution is 0.386. The molecule has 0 spiro atoms. The molecule has 0 saturated heterocycles. The van der Waals surface area contributed by atoms with E-state index >= 15 is 0 Å². The fourth-order valence-corrected chi connectivity index (χ4v) is 2.12. The van der Waals surface area contributed by atoms with Gasteiger partial charge in [-0.05, 0) is 24.6 Å². The molecule has 0 aliphatic heterocycles. The number of aromatic nitrogens is 2. The quantitative estimate of drug-likeness (QED) is 0.922. The maximum atomic E-state index is 13.8. The molecule has 1 aromatic carbocycles. The molecular weight excluding hydrogens is 245 g/mol. The van der Waals surface area contributed by atoms with Crippen molar-refractivity contribution in [3.8, 4) is 17.0 Å². The summed E-state index contributed by atoms with van der Waals surface area (Å²) in [6.45, 7) is 2.07. The zero-order valence-electron chi connectivity index (χ0n) is 11.4. The monoisotopic (exact) mass is 263 g/mol. The molecule has 0 saturated carbocycles. The average Bonchev–Trinajstić information content (AvgIpc) is 2.67. The van der Waals surface area contributed by atoms with Crippen LogP contribution in [-0.4, -0.2) is 16.9 Å². The van der Waals surface area contributed by atoms with Crippen molar-refractivity contribution in [2.75, 3.05) is 12.8 Å². The lowest BCUT2D eigenvalue weighted by atomic mass is 10.0. The third-order valence-corrected chi connectivity index (χ3v) is 3.12. The maximum absolute atomic E-state index is 13.8.